The van der Waals surface area contributed by atoms with Crippen molar-refractivity contribution in [3.05, 3.63) is 53.1 Å². The Hall–Kier alpha value is -1.71. The molecule has 1 N–H and O–H groups in total. The number of hydrogen-bond acceptors (Lipinski definition) is 3. The largest absolute Gasteiger partial charge is 0.496 e. The zero-order chi connectivity index (χ0) is 15.2. The van der Waals surface area contributed by atoms with Crippen molar-refractivity contribution in [1.82, 2.24) is 5.32 Å². The standard InChI is InChI=1S/C17H20ClNO2/c1-4-19-12(2)17-15(20-3)9-6-10-16(17)21-14-8-5-7-13(18)11-14/h5-12,19H,4H2,1-3H3. The average molecular weight is 306 g/mol. The van der Waals surface area contributed by atoms with Crippen molar-refractivity contribution in [3.63, 3.8) is 0 Å². The first-order valence-electron chi connectivity index (χ1n) is 6.99. The lowest BCUT2D eigenvalue weighted by molar-refractivity contribution is 0.391. The smallest absolute Gasteiger partial charge is 0.135 e. The SMILES string of the molecule is CCNC(C)c1c(OC)cccc1Oc1cccc(Cl)c1. The summed E-state index contributed by atoms with van der Waals surface area (Å²) in [5.74, 6) is 2.29. The molecule has 0 aromatic heterocycles. The van der Waals surface area contributed by atoms with E-state index in [0.717, 1.165) is 23.6 Å². The Labute approximate surface area is 130 Å². The lowest BCUT2D eigenvalue weighted by atomic mass is 10.1. The van der Waals surface area contributed by atoms with Crippen LogP contribution in [0.4, 0.5) is 0 Å². The van der Waals surface area contributed by atoms with Crippen molar-refractivity contribution in [1.29, 1.82) is 0 Å². The van der Waals surface area contributed by atoms with Gasteiger partial charge in [0.05, 0.1) is 12.7 Å². The molecule has 0 aliphatic heterocycles. The van der Waals surface area contributed by atoms with Crippen LogP contribution in [0, 0.1) is 0 Å². The van der Waals surface area contributed by atoms with E-state index in [2.05, 4.69) is 19.2 Å². The number of halogens is 1. The summed E-state index contributed by atoms with van der Waals surface area (Å²) in [7, 11) is 1.67. The van der Waals surface area contributed by atoms with E-state index >= 15 is 0 Å². The van der Waals surface area contributed by atoms with Crippen molar-refractivity contribution in [3.8, 4) is 17.2 Å². The van der Waals surface area contributed by atoms with E-state index in [0.29, 0.717) is 10.8 Å². The number of hydrogen-bond donors (Lipinski definition) is 1. The second-order valence-corrected chi connectivity index (χ2v) is 5.15. The quantitative estimate of drug-likeness (QED) is 0.830. The van der Waals surface area contributed by atoms with Crippen LogP contribution in [-0.4, -0.2) is 13.7 Å². The molecule has 2 aromatic carbocycles. The van der Waals surface area contributed by atoms with E-state index in [1.807, 2.05) is 36.4 Å². The van der Waals surface area contributed by atoms with Crippen molar-refractivity contribution in [2.24, 2.45) is 0 Å². The predicted octanol–water partition coefficient (Wildman–Crippen LogP) is 4.81. The second kappa shape index (κ2) is 7.34. The fourth-order valence-electron chi connectivity index (χ4n) is 2.28. The van der Waals surface area contributed by atoms with Gasteiger partial charge in [-0.25, -0.2) is 0 Å². The van der Waals surface area contributed by atoms with Gasteiger partial charge in [0.15, 0.2) is 0 Å². The van der Waals surface area contributed by atoms with Gasteiger partial charge in [-0.1, -0.05) is 30.7 Å². The summed E-state index contributed by atoms with van der Waals surface area (Å²) in [6.45, 7) is 5.03. The lowest BCUT2D eigenvalue weighted by Crippen LogP contribution is -2.19. The molecule has 0 saturated heterocycles. The lowest BCUT2D eigenvalue weighted by Gasteiger charge is -2.20. The molecule has 0 aliphatic carbocycles. The molecule has 112 valence electrons. The van der Waals surface area contributed by atoms with Crippen LogP contribution in [0.5, 0.6) is 17.2 Å². The maximum atomic E-state index is 6.00. The minimum absolute atomic E-state index is 0.125. The zero-order valence-corrected chi connectivity index (χ0v) is 13.3. The summed E-state index contributed by atoms with van der Waals surface area (Å²) in [5, 5.41) is 4.04. The number of methoxy groups -OCH3 is 1. The molecule has 0 bridgehead atoms. The van der Waals surface area contributed by atoms with Gasteiger partial charge in [-0.05, 0) is 43.8 Å². The maximum Gasteiger partial charge on any atom is 0.135 e. The van der Waals surface area contributed by atoms with Crippen LogP contribution in [-0.2, 0) is 0 Å². The fraction of sp³-hybridized carbons (Fsp3) is 0.294. The third-order valence-corrected chi connectivity index (χ3v) is 3.45. The molecular formula is C17H20ClNO2. The maximum absolute atomic E-state index is 6.00. The molecule has 0 radical (unpaired) electrons. The second-order valence-electron chi connectivity index (χ2n) is 4.71. The fourth-order valence-corrected chi connectivity index (χ4v) is 2.46. The Kier molecular flexibility index (Phi) is 5.48. The third kappa shape index (κ3) is 3.90. The van der Waals surface area contributed by atoms with Crippen molar-refractivity contribution in [2.45, 2.75) is 19.9 Å². The van der Waals surface area contributed by atoms with Gasteiger partial charge in [0, 0.05) is 11.1 Å². The van der Waals surface area contributed by atoms with Crippen LogP contribution in [0.15, 0.2) is 42.5 Å². The summed E-state index contributed by atoms with van der Waals surface area (Å²) in [6.07, 6.45) is 0. The molecule has 1 unspecified atom stereocenters. The number of ether oxygens (including phenoxy) is 2. The van der Waals surface area contributed by atoms with E-state index < -0.39 is 0 Å². The van der Waals surface area contributed by atoms with Gasteiger partial charge in [0.2, 0.25) is 0 Å². The molecule has 4 heteroatoms. The highest BCUT2D eigenvalue weighted by Crippen LogP contribution is 2.36. The van der Waals surface area contributed by atoms with Gasteiger partial charge < -0.3 is 14.8 Å². The van der Waals surface area contributed by atoms with E-state index in [-0.39, 0.29) is 6.04 Å². The van der Waals surface area contributed by atoms with Gasteiger partial charge in [-0.3, -0.25) is 0 Å². The molecule has 0 fully saturated rings. The van der Waals surface area contributed by atoms with Crippen molar-refractivity contribution in [2.75, 3.05) is 13.7 Å². The molecule has 3 nitrogen and oxygen atoms in total. The Morgan fingerprint density at radius 1 is 1.14 bits per heavy atom. The van der Waals surface area contributed by atoms with Crippen LogP contribution >= 0.6 is 11.6 Å². The zero-order valence-electron chi connectivity index (χ0n) is 12.5. The van der Waals surface area contributed by atoms with Crippen molar-refractivity contribution >= 4 is 11.6 Å². The van der Waals surface area contributed by atoms with Gasteiger partial charge in [0.1, 0.15) is 17.2 Å². The van der Waals surface area contributed by atoms with E-state index in [1.165, 1.54) is 0 Å². The highest BCUT2D eigenvalue weighted by molar-refractivity contribution is 6.30. The minimum atomic E-state index is 0.125. The molecular weight excluding hydrogens is 286 g/mol. The molecule has 2 rings (SSSR count). The summed E-state index contributed by atoms with van der Waals surface area (Å²) in [4.78, 5) is 0. The van der Waals surface area contributed by atoms with Gasteiger partial charge in [-0.15, -0.1) is 0 Å². The molecule has 0 amide bonds. The van der Waals surface area contributed by atoms with Crippen molar-refractivity contribution < 1.29 is 9.47 Å². The molecule has 1 atom stereocenters. The summed E-state index contributed by atoms with van der Waals surface area (Å²) < 4.78 is 11.5. The Morgan fingerprint density at radius 2 is 1.86 bits per heavy atom. The monoisotopic (exact) mass is 305 g/mol. The number of benzene rings is 2. The molecule has 0 saturated carbocycles. The summed E-state index contributed by atoms with van der Waals surface area (Å²) in [6, 6.07) is 13.3. The molecule has 21 heavy (non-hydrogen) atoms. The highest BCUT2D eigenvalue weighted by Gasteiger charge is 2.17. The number of rotatable bonds is 6. The van der Waals surface area contributed by atoms with E-state index in [1.54, 1.807) is 13.2 Å². The van der Waals surface area contributed by atoms with Crippen LogP contribution < -0.4 is 14.8 Å². The van der Waals surface area contributed by atoms with Gasteiger partial charge >= 0.3 is 0 Å². The van der Waals surface area contributed by atoms with Crippen LogP contribution in [0.3, 0.4) is 0 Å². The Bertz CT molecular complexity index is 601. The first kappa shape index (κ1) is 15.7. The van der Waals surface area contributed by atoms with E-state index in [9.17, 15) is 0 Å². The average Bonchev–Trinajstić information content (AvgIpc) is 2.47. The summed E-state index contributed by atoms with van der Waals surface area (Å²) >= 11 is 6.00. The topological polar surface area (TPSA) is 30.5 Å². The Morgan fingerprint density at radius 3 is 2.52 bits per heavy atom. The first-order valence-corrected chi connectivity index (χ1v) is 7.37. The minimum Gasteiger partial charge on any atom is -0.496 e. The predicted molar refractivity (Wildman–Crippen MR) is 86.6 cm³/mol. The molecule has 0 heterocycles. The van der Waals surface area contributed by atoms with Gasteiger partial charge in [-0.2, -0.15) is 0 Å². The van der Waals surface area contributed by atoms with Gasteiger partial charge in [0.25, 0.3) is 0 Å². The van der Waals surface area contributed by atoms with Crippen LogP contribution in [0.1, 0.15) is 25.5 Å². The molecule has 0 spiro atoms. The summed E-state index contributed by atoms with van der Waals surface area (Å²) in [5.41, 5.74) is 1.00. The Balaban J connectivity index is 2.38. The van der Waals surface area contributed by atoms with E-state index in [4.69, 9.17) is 21.1 Å². The van der Waals surface area contributed by atoms with Crippen LogP contribution in [0.2, 0.25) is 5.02 Å². The molecule has 0 aliphatic rings. The van der Waals surface area contributed by atoms with Crippen LogP contribution in [0.25, 0.3) is 0 Å². The first-order chi connectivity index (χ1) is 10.2. The number of nitrogens with one attached hydrogen (secondary N) is 1. The highest BCUT2D eigenvalue weighted by atomic mass is 35.5. The molecule has 2 aromatic rings. The normalized spacial score (nSPS) is 12.0. The third-order valence-electron chi connectivity index (χ3n) is 3.21.